The van der Waals surface area contributed by atoms with Gasteiger partial charge < -0.3 is 5.11 Å². The first-order chi connectivity index (χ1) is 4.88. The molecule has 1 fully saturated rings. The van der Waals surface area contributed by atoms with Crippen LogP contribution in [0.3, 0.4) is 0 Å². The summed E-state index contributed by atoms with van der Waals surface area (Å²) in [7, 11) is 0. The van der Waals surface area contributed by atoms with Crippen LogP contribution in [0.5, 0.6) is 0 Å². The number of hydrogen-bond donors (Lipinski definition) is 1. The van der Waals surface area contributed by atoms with E-state index in [1.54, 1.807) is 0 Å². The summed E-state index contributed by atoms with van der Waals surface area (Å²) in [6, 6.07) is 0. The maximum absolute atomic E-state index is 10.8. The van der Waals surface area contributed by atoms with Crippen LogP contribution in [-0.2, 0) is 4.79 Å². The lowest BCUT2D eigenvalue weighted by Gasteiger charge is -2.09. The Kier molecular flexibility index (Phi) is 1.55. The monoisotopic (exact) mass is 156 g/mol. The molecule has 0 aromatic carbocycles. The summed E-state index contributed by atoms with van der Waals surface area (Å²) < 4.78 is 0. The van der Waals surface area contributed by atoms with Crippen molar-refractivity contribution in [3.05, 3.63) is 0 Å². The third-order valence-corrected chi connectivity index (χ3v) is 3.73. The van der Waals surface area contributed by atoms with Gasteiger partial charge in [0.2, 0.25) is 0 Å². The van der Waals surface area contributed by atoms with Gasteiger partial charge in [0.1, 0.15) is 0 Å². The smallest absolute Gasteiger partial charge is 0.307 e. The molecular weight excluding hydrogens is 140 g/mol. The first-order valence-electron chi connectivity index (χ1n) is 4.10. The van der Waals surface area contributed by atoms with Crippen molar-refractivity contribution in [3.63, 3.8) is 0 Å². The summed E-state index contributed by atoms with van der Waals surface area (Å²) in [5, 5.41) is 8.86. The van der Waals surface area contributed by atoms with Gasteiger partial charge in [0.25, 0.3) is 0 Å². The maximum atomic E-state index is 10.8. The average molecular weight is 156 g/mol. The molecule has 0 unspecified atom stereocenters. The van der Waals surface area contributed by atoms with Gasteiger partial charge >= 0.3 is 5.97 Å². The van der Waals surface area contributed by atoms with Gasteiger partial charge in [0, 0.05) is 0 Å². The number of aliphatic carboxylic acids is 1. The maximum Gasteiger partial charge on any atom is 0.307 e. The molecule has 2 atom stereocenters. The zero-order valence-corrected chi connectivity index (χ0v) is 7.64. The lowest BCUT2D eigenvalue weighted by atomic mass is 9.96. The van der Waals surface area contributed by atoms with E-state index in [-0.39, 0.29) is 16.7 Å². The SMILES string of the molecule is CC[C@]1(C)[C@H](C(=O)O)C1(C)C. The van der Waals surface area contributed by atoms with E-state index in [4.69, 9.17) is 5.11 Å². The minimum atomic E-state index is -0.639. The van der Waals surface area contributed by atoms with Crippen LogP contribution in [0.1, 0.15) is 34.1 Å². The largest absolute Gasteiger partial charge is 0.481 e. The minimum absolute atomic E-state index is 0.00637. The van der Waals surface area contributed by atoms with E-state index in [0.717, 1.165) is 6.42 Å². The van der Waals surface area contributed by atoms with Gasteiger partial charge in [0.15, 0.2) is 0 Å². The van der Waals surface area contributed by atoms with Crippen molar-refractivity contribution in [1.82, 2.24) is 0 Å². The number of rotatable bonds is 2. The highest BCUT2D eigenvalue weighted by molar-refractivity contribution is 5.76. The van der Waals surface area contributed by atoms with Crippen LogP contribution in [0.15, 0.2) is 0 Å². The molecule has 1 rings (SSSR count). The van der Waals surface area contributed by atoms with Crippen molar-refractivity contribution in [3.8, 4) is 0 Å². The van der Waals surface area contributed by atoms with E-state index in [0.29, 0.717) is 0 Å². The van der Waals surface area contributed by atoms with Crippen LogP contribution >= 0.6 is 0 Å². The number of carboxylic acid groups (broad SMARTS) is 1. The summed E-state index contributed by atoms with van der Waals surface area (Å²) in [4.78, 5) is 10.8. The number of carbonyl (C=O) groups is 1. The second-order valence-corrected chi connectivity index (χ2v) is 4.26. The molecule has 2 nitrogen and oxygen atoms in total. The molecule has 64 valence electrons. The summed E-state index contributed by atoms with van der Waals surface area (Å²) in [5.74, 6) is -0.778. The van der Waals surface area contributed by atoms with Gasteiger partial charge in [-0.05, 0) is 17.3 Å². The van der Waals surface area contributed by atoms with E-state index in [1.165, 1.54) is 0 Å². The Bertz CT molecular complexity index is 196. The Morgan fingerprint density at radius 1 is 1.45 bits per heavy atom. The predicted octanol–water partition coefficient (Wildman–Crippen LogP) is 2.14. The normalized spacial score (nSPS) is 40.2. The number of hydrogen-bond acceptors (Lipinski definition) is 1. The van der Waals surface area contributed by atoms with Crippen LogP contribution in [0.25, 0.3) is 0 Å². The Balaban J connectivity index is 2.83. The summed E-state index contributed by atoms with van der Waals surface area (Å²) in [6.07, 6.45) is 0.955. The molecule has 2 heteroatoms. The van der Waals surface area contributed by atoms with Gasteiger partial charge in [-0.2, -0.15) is 0 Å². The Labute approximate surface area is 67.6 Å². The van der Waals surface area contributed by atoms with Crippen LogP contribution in [0.2, 0.25) is 0 Å². The van der Waals surface area contributed by atoms with E-state index >= 15 is 0 Å². The Morgan fingerprint density at radius 3 is 2.00 bits per heavy atom. The molecule has 0 heterocycles. The topological polar surface area (TPSA) is 37.3 Å². The van der Waals surface area contributed by atoms with Crippen LogP contribution in [0.4, 0.5) is 0 Å². The third-order valence-electron chi connectivity index (χ3n) is 3.73. The van der Waals surface area contributed by atoms with Crippen molar-refractivity contribution >= 4 is 5.97 Å². The summed E-state index contributed by atoms with van der Waals surface area (Å²) in [5.41, 5.74) is 0.0203. The molecule has 1 saturated carbocycles. The van der Waals surface area contributed by atoms with Gasteiger partial charge in [0.05, 0.1) is 5.92 Å². The van der Waals surface area contributed by atoms with Crippen molar-refractivity contribution in [2.75, 3.05) is 0 Å². The van der Waals surface area contributed by atoms with Crippen molar-refractivity contribution in [1.29, 1.82) is 0 Å². The van der Waals surface area contributed by atoms with Crippen molar-refractivity contribution in [2.45, 2.75) is 34.1 Å². The Morgan fingerprint density at radius 2 is 1.91 bits per heavy atom. The molecular formula is C9H16O2. The highest BCUT2D eigenvalue weighted by Gasteiger charge is 2.70. The molecule has 1 aliphatic rings. The van der Waals surface area contributed by atoms with E-state index in [9.17, 15) is 4.79 Å². The van der Waals surface area contributed by atoms with Gasteiger partial charge in [-0.3, -0.25) is 4.79 Å². The fourth-order valence-electron chi connectivity index (χ4n) is 2.31. The van der Waals surface area contributed by atoms with Gasteiger partial charge in [-0.15, -0.1) is 0 Å². The summed E-state index contributed by atoms with van der Waals surface area (Å²) in [6.45, 7) is 8.20. The summed E-state index contributed by atoms with van der Waals surface area (Å²) >= 11 is 0. The lowest BCUT2D eigenvalue weighted by Crippen LogP contribution is -2.05. The van der Waals surface area contributed by atoms with Crippen LogP contribution in [0, 0.1) is 16.7 Å². The quantitative estimate of drug-likeness (QED) is 0.665. The molecule has 0 saturated heterocycles. The standard InChI is InChI=1S/C9H16O2/c1-5-9(4)6(7(10)11)8(9,2)3/h6H,5H2,1-4H3,(H,10,11)/t6-,9-/m1/s1. The molecule has 0 amide bonds. The average Bonchev–Trinajstić information content (AvgIpc) is 2.29. The molecule has 0 bridgehead atoms. The fourth-order valence-corrected chi connectivity index (χ4v) is 2.31. The number of carboxylic acids is 1. The zero-order chi connectivity index (χ0) is 8.86. The molecule has 1 N–H and O–H groups in total. The molecule has 0 spiro atoms. The van der Waals surface area contributed by atoms with Gasteiger partial charge in [-0.1, -0.05) is 27.7 Å². The zero-order valence-electron chi connectivity index (χ0n) is 7.64. The molecule has 1 aliphatic carbocycles. The fraction of sp³-hybridized carbons (Fsp3) is 0.889. The van der Waals surface area contributed by atoms with E-state index < -0.39 is 5.97 Å². The lowest BCUT2D eigenvalue weighted by molar-refractivity contribution is -0.139. The Hall–Kier alpha value is -0.530. The molecule has 0 aromatic heterocycles. The van der Waals surface area contributed by atoms with Crippen LogP contribution in [-0.4, -0.2) is 11.1 Å². The molecule has 11 heavy (non-hydrogen) atoms. The third kappa shape index (κ3) is 0.815. The van der Waals surface area contributed by atoms with Crippen molar-refractivity contribution in [2.24, 2.45) is 16.7 Å². The highest BCUT2D eigenvalue weighted by Crippen LogP contribution is 2.70. The second kappa shape index (κ2) is 1.99. The first kappa shape index (κ1) is 8.57. The van der Waals surface area contributed by atoms with Crippen LogP contribution < -0.4 is 0 Å². The second-order valence-electron chi connectivity index (χ2n) is 4.26. The minimum Gasteiger partial charge on any atom is -0.481 e. The first-order valence-corrected chi connectivity index (χ1v) is 4.10. The highest BCUT2D eigenvalue weighted by atomic mass is 16.4. The predicted molar refractivity (Wildman–Crippen MR) is 43.3 cm³/mol. The molecule has 0 aromatic rings. The van der Waals surface area contributed by atoms with E-state index in [2.05, 4.69) is 13.8 Å². The van der Waals surface area contributed by atoms with E-state index in [1.807, 2.05) is 13.8 Å². The molecule has 0 aliphatic heterocycles. The van der Waals surface area contributed by atoms with Crippen molar-refractivity contribution < 1.29 is 9.90 Å². The van der Waals surface area contributed by atoms with Gasteiger partial charge in [-0.25, -0.2) is 0 Å². The molecule has 0 radical (unpaired) electrons.